The number of nitrogens with zero attached hydrogens (tertiary/aromatic N) is 1. The van der Waals surface area contributed by atoms with Crippen LogP contribution in [0.5, 0.6) is 0 Å². The highest BCUT2D eigenvalue weighted by molar-refractivity contribution is 8.13. The molecule has 1 aliphatic carbocycles. The van der Waals surface area contributed by atoms with Gasteiger partial charge >= 0.3 is 0 Å². The molecule has 0 bridgehead atoms. The minimum Gasteiger partial charge on any atom is -0.362 e. The van der Waals surface area contributed by atoms with Crippen molar-refractivity contribution >= 4 is 16.9 Å². The number of rotatable bonds is 2. The predicted molar refractivity (Wildman–Crippen MR) is 73.1 cm³/mol. The van der Waals surface area contributed by atoms with Gasteiger partial charge in [-0.25, -0.2) is 0 Å². The Hall–Kier alpha value is -0.180. The fraction of sp³-hybridized carbons (Fsp3) is 0.923. The molecule has 0 aromatic carbocycles. The van der Waals surface area contributed by atoms with Crippen LogP contribution in [0.15, 0.2) is 4.99 Å². The van der Waals surface area contributed by atoms with Crippen molar-refractivity contribution in [2.75, 3.05) is 12.3 Å². The molecular formula is C13H24N2S. The lowest BCUT2D eigenvalue weighted by Gasteiger charge is -2.28. The summed E-state index contributed by atoms with van der Waals surface area (Å²) in [7, 11) is 0. The van der Waals surface area contributed by atoms with Crippen LogP contribution in [0.25, 0.3) is 0 Å². The Kier molecular flexibility index (Phi) is 4.56. The molecule has 1 saturated heterocycles. The fourth-order valence-electron chi connectivity index (χ4n) is 2.61. The quantitative estimate of drug-likeness (QED) is 0.801. The molecule has 92 valence electrons. The minimum atomic E-state index is 0.615. The van der Waals surface area contributed by atoms with E-state index in [0.29, 0.717) is 6.04 Å². The van der Waals surface area contributed by atoms with Gasteiger partial charge in [-0.05, 0) is 31.6 Å². The maximum absolute atomic E-state index is 4.78. The molecule has 1 saturated carbocycles. The van der Waals surface area contributed by atoms with Gasteiger partial charge in [0.15, 0.2) is 5.17 Å². The Labute approximate surface area is 104 Å². The normalized spacial score (nSPS) is 38.4. The second-order valence-electron chi connectivity index (χ2n) is 5.35. The summed E-state index contributed by atoms with van der Waals surface area (Å²) in [6.45, 7) is 5.69. The van der Waals surface area contributed by atoms with Gasteiger partial charge in [-0.2, -0.15) is 0 Å². The van der Waals surface area contributed by atoms with Crippen LogP contribution in [-0.2, 0) is 0 Å². The van der Waals surface area contributed by atoms with E-state index in [9.17, 15) is 0 Å². The monoisotopic (exact) mass is 240 g/mol. The van der Waals surface area contributed by atoms with E-state index in [2.05, 4.69) is 19.2 Å². The zero-order chi connectivity index (χ0) is 11.4. The highest BCUT2D eigenvalue weighted by Gasteiger charge is 2.21. The second-order valence-corrected chi connectivity index (χ2v) is 6.43. The summed E-state index contributed by atoms with van der Waals surface area (Å²) in [5, 5.41) is 4.67. The van der Waals surface area contributed by atoms with E-state index < -0.39 is 0 Å². The molecule has 1 aliphatic heterocycles. The third-order valence-corrected chi connectivity index (χ3v) is 4.88. The van der Waals surface area contributed by atoms with Gasteiger partial charge in [0.05, 0.1) is 0 Å². The lowest BCUT2D eigenvalue weighted by molar-refractivity contribution is 0.264. The Morgan fingerprint density at radius 2 is 2.06 bits per heavy atom. The Morgan fingerprint density at radius 1 is 1.25 bits per heavy atom. The summed E-state index contributed by atoms with van der Waals surface area (Å²) < 4.78 is 0. The summed E-state index contributed by atoms with van der Waals surface area (Å²) in [5.74, 6) is 2.94. The van der Waals surface area contributed by atoms with Crippen molar-refractivity contribution in [3.05, 3.63) is 0 Å². The van der Waals surface area contributed by atoms with E-state index in [1.807, 2.05) is 11.8 Å². The molecule has 0 amide bonds. The van der Waals surface area contributed by atoms with Crippen LogP contribution in [-0.4, -0.2) is 23.5 Å². The average Bonchev–Trinajstić information content (AvgIpc) is 2.28. The van der Waals surface area contributed by atoms with Gasteiger partial charge in [0.2, 0.25) is 0 Å². The lowest BCUT2D eigenvalue weighted by atomic mass is 9.80. The van der Waals surface area contributed by atoms with Gasteiger partial charge in [-0.15, -0.1) is 0 Å². The minimum absolute atomic E-state index is 0.615. The van der Waals surface area contributed by atoms with Crippen molar-refractivity contribution in [1.29, 1.82) is 0 Å². The highest BCUT2D eigenvalue weighted by atomic mass is 32.2. The Balaban J connectivity index is 1.82. The molecule has 0 spiro atoms. The third kappa shape index (κ3) is 3.41. The summed E-state index contributed by atoms with van der Waals surface area (Å²) in [6, 6.07) is 0.615. The standard InChI is InChI=1S/C13H24N2S/c1-10-5-3-4-6-12(10)9-14-13-15-11(2)7-8-16-13/h10-12H,3-9H2,1-2H3,(H,14,15). The van der Waals surface area contributed by atoms with Crippen LogP contribution in [0.1, 0.15) is 46.0 Å². The van der Waals surface area contributed by atoms with Crippen molar-refractivity contribution in [2.24, 2.45) is 16.8 Å². The molecule has 1 heterocycles. The van der Waals surface area contributed by atoms with E-state index >= 15 is 0 Å². The Bertz CT molecular complexity index is 252. The van der Waals surface area contributed by atoms with Crippen LogP contribution in [0.3, 0.4) is 0 Å². The van der Waals surface area contributed by atoms with Crippen molar-refractivity contribution < 1.29 is 0 Å². The molecule has 3 atom stereocenters. The van der Waals surface area contributed by atoms with E-state index in [1.165, 1.54) is 43.0 Å². The van der Waals surface area contributed by atoms with Crippen LogP contribution in [0.2, 0.25) is 0 Å². The second kappa shape index (κ2) is 5.95. The molecule has 3 unspecified atom stereocenters. The molecule has 2 aliphatic rings. The van der Waals surface area contributed by atoms with Gasteiger partial charge in [0.25, 0.3) is 0 Å². The molecule has 0 aromatic rings. The van der Waals surface area contributed by atoms with Gasteiger partial charge in [0.1, 0.15) is 0 Å². The van der Waals surface area contributed by atoms with Gasteiger partial charge < -0.3 is 5.32 Å². The Morgan fingerprint density at radius 3 is 2.81 bits per heavy atom. The average molecular weight is 240 g/mol. The largest absolute Gasteiger partial charge is 0.362 e. The molecule has 0 aromatic heterocycles. The van der Waals surface area contributed by atoms with Gasteiger partial charge in [0, 0.05) is 18.3 Å². The first-order chi connectivity index (χ1) is 7.75. The third-order valence-electron chi connectivity index (χ3n) is 3.92. The zero-order valence-electron chi connectivity index (χ0n) is 10.5. The highest BCUT2D eigenvalue weighted by Crippen LogP contribution is 2.29. The van der Waals surface area contributed by atoms with Crippen LogP contribution in [0.4, 0.5) is 0 Å². The smallest absolute Gasteiger partial charge is 0.156 e. The molecule has 3 heteroatoms. The first-order valence-corrected chi connectivity index (χ1v) is 7.68. The summed E-state index contributed by atoms with van der Waals surface area (Å²) in [6.07, 6.45) is 6.91. The topological polar surface area (TPSA) is 24.4 Å². The van der Waals surface area contributed by atoms with E-state index in [1.54, 1.807) is 0 Å². The summed E-state index contributed by atoms with van der Waals surface area (Å²) in [5.41, 5.74) is 0. The molecule has 0 radical (unpaired) electrons. The van der Waals surface area contributed by atoms with Crippen LogP contribution < -0.4 is 5.32 Å². The first-order valence-electron chi connectivity index (χ1n) is 6.69. The SMILES string of the molecule is CC1CCSC(=NCC2CCCCC2C)N1. The summed E-state index contributed by atoms with van der Waals surface area (Å²) >= 11 is 1.90. The zero-order valence-corrected chi connectivity index (χ0v) is 11.4. The number of aliphatic imine (C=N–C) groups is 1. The number of nitrogens with one attached hydrogen (secondary N) is 1. The van der Waals surface area contributed by atoms with E-state index in [0.717, 1.165) is 18.4 Å². The molecular weight excluding hydrogens is 216 g/mol. The van der Waals surface area contributed by atoms with Crippen molar-refractivity contribution in [1.82, 2.24) is 5.32 Å². The summed E-state index contributed by atoms with van der Waals surface area (Å²) in [4.78, 5) is 4.78. The number of amidine groups is 1. The number of hydrogen-bond donors (Lipinski definition) is 1. The predicted octanol–water partition coefficient (Wildman–Crippen LogP) is 3.28. The van der Waals surface area contributed by atoms with Gasteiger partial charge in [-0.1, -0.05) is 37.9 Å². The molecule has 1 N–H and O–H groups in total. The van der Waals surface area contributed by atoms with Crippen LogP contribution in [0, 0.1) is 11.8 Å². The van der Waals surface area contributed by atoms with Crippen molar-refractivity contribution in [2.45, 2.75) is 52.0 Å². The maximum Gasteiger partial charge on any atom is 0.156 e. The molecule has 16 heavy (non-hydrogen) atoms. The van der Waals surface area contributed by atoms with E-state index in [-0.39, 0.29) is 0 Å². The fourth-order valence-corrected chi connectivity index (χ4v) is 3.73. The molecule has 2 nitrogen and oxygen atoms in total. The van der Waals surface area contributed by atoms with E-state index in [4.69, 9.17) is 4.99 Å². The van der Waals surface area contributed by atoms with Crippen molar-refractivity contribution in [3.8, 4) is 0 Å². The first kappa shape index (κ1) is 12.3. The lowest BCUT2D eigenvalue weighted by Crippen LogP contribution is -2.36. The van der Waals surface area contributed by atoms with Crippen LogP contribution >= 0.6 is 11.8 Å². The maximum atomic E-state index is 4.78. The molecule has 2 fully saturated rings. The number of thioether (sulfide) groups is 1. The van der Waals surface area contributed by atoms with Crippen molar-refractivity contribution in [3.63, 3.8) is 0 Å². The number of hydrogen-bond acceptors (Lipinski definition) is 2. The van der Waals surface area contributed by atoms with Gasteiger partial charge in [-0.3, -0.25) is 4.99 Å². The molecule has 2 rings (SSSR count).